The average molecular weight is 392 g/mol. The summed E-state index contributed by atoms with van der Waals surface area (Å²) in [5.41, 5.74) is -0.744. The molecule has 136 valence electrons. The lowest BCUT2D eigenvalue weighted by Crippen LogP contribution is -2.17. The molecular weight excluding hydrogens is 375 g/mol. The second-order valence-corrected chi connectivity index (χ2v) is 7.79. The van der Waals surface area contributed by atoms with Gasteiger partial charge in [0.1, 0.15) is 0 Å². The van der Waals surface area contributed by atoms with Crippen LogP contribution in [0.5, 0.6) is 0 Å². The van der Waals surface area contributed by atoms with Crippen LogP contribution in [-0.2, 0) is 16.2 Å². The number of sulfonamides is 1. The van der Waals surface area contributed by atoms with Crippen LogP contribution in [0.2, 0.25) is 5.02 Å². The van der Waals surface area contributed by atoms with Crippen molar-refractivity contribution in [2.45, 2.75) is 37.3 Å². The average Bonchev–Trinajstić information content (AvgIpc) is 2.54. The third-order valence-corrected chi connectivity index (χ3v) is 5.52. The van der Waals surface area contributed by atoms with Crippen molar-refractivity contribution in [2.75, 3.05) is 4.72 Å². The van der Waals surface area contributed by atoms with Gasteiger partial charge >= 0.3 is 6.18 Å². The molecule has 0 aliphatic rings. The maximum atomic E-state index is 13.1. The number of rotatable bonds is 5. The lowest BCUT2D eigenvalue weighted by atomic mass is 9.99. The molecule has 1 unspecified atom stereocenters. The quantitative estimate of drug-likeness (QED) is 0.713. The summed E-state index contributed by atoms with van der Waals surface area (Å²) in [7, 11) is -4.15. The number of hydrogen-bond donors (Lipinski definition) is 1. The van der Waals surface area contributed by atoms with E-state index in [9.17, 15) is 21.6 Å². The number of nitrogens with one attached hydrogen (secondary N) is 1. The van der Waals surface area contributed by atoms with Gasteiger partial charge in [0.2, 0.25) is 0 Å². The highest BCUT2D eigenvalue weighted by atomic mass is 35.5. The highest BCUT2D eigenvalue weighted by Crippen LogP contribution is 2.37. The Morgan fingerprint density at radius 3 is 2.24 bits per heavy atom. The molecule has 25 heavy (non-hydrogen) atoms. The maximum Gasteiger partial charge on any atom is 0.418 e. The Balaban J connectivity index is 2.37. The van der Waals surface area contributed by atoms with Gasteiger partial charge in [0.25, 0.3) is 10.0 Å². The first kappa shape index (κ1) is 19.6. The molecule has 0 aliphatic heterocycles. The molecule has 0 amide bonds. The van der Waals surface area contributed by atoms with Crippen molar-refractivity contribution in [2.24, 2.45) is 0 Å². The smallest absolute Gasteiger partial charge is 0.279 e. The number of hydrogen-bond acceptors (Lipinski definition) is 2. The summed E-state index contributed by atoms with van der Waals surface area (Å²) >= 11 is 5.59. The summed E-state index contributed by atoms with van der Waals surface area (Å²) in [6.07, 6.45) is -3.84. The normalized spacial score (nSPS) is 13.5. The first-order valence-corrected chi connectivity index (χ1v) is 9.40. The first-order chi connectivity index (χ1) is 11.5. The van der Waals surface area contributed by atoms with Gasteiger partial charge < -0.3 is 0 Å². The zero-order valence-electron chi connectivity index (χ0n) is 13.6. The molecule has 2 aromatic carbocycles. The van der Waals surface area contributed by atoms with Gasteiger partial charge in [0.05, 0.1) is 16.1 Å². The molecule has 3 nitrogen and oxygen atoms in total. The van der Waals surface area contributed by atoms with E-state index < -0.39 is 27.5 Å². The van der Waals surface area contributed by atoms with Crippen LogP contribution in [0.15, 0.2) is 47.4 Å². The minimum Gasteiger partial charge on any atom is -0.279 e. The predicted octanol–water partition coefficient (Wildman–Crippen LogP) is 5.67. The van der Waals surface area contributed by atoms with Crippen molar-refractivity contribution in [3.63, 3.8) is 0 Å². The molecule has 2 rings (SSSR count). The van der Waals surface area contributed by atoms with Crippen LogP contribution in [0, 0.1) is 0 Å². The van der Waals surface area contributed by atoms with Crippen LogP contribution in [0.25, 0.3) is 0 Å². The first-order valence-electron chi connectivity index (χ1n) is 7.54. The summed E-state index contributed by atoms with van der Waals surface area (Å²) in [4.78, 5) is -0.109. The highest BCUT2D eigenvalue weighted by Gasteiger charge is 2.35. The van der Waals surface area contributed by atoms with Gasteiger partial charge in [-0.1, -0.05) is 37.6 Å². The molecule has 0 bridgehead atoms. The lowest BCUT2D eigenvalue weighted by Gasteiger charge is -2.16. The van der Waals surface area contributed by atoms with Crippen molar-refractivity contribution in [3.8, 4) is 0 Å². The maximum absolute atomic E-state index is 13.1. The Kier molecular flexibility index (Phi) is 5.68. The number of halogens is 4. The zero-order chi connectivity index (χ0) is 18.8. The number of anilines is 1. The van der Waals surface area contributed by atoms with Crippen LogP contribution >= 0.6 is 11.6 Å². The molecule has 1 N–H and O–H groups in total. The minimum atomic E-state index is -4.73. The number of benzene rings is 2. The van der Waals surface area contributed by atoms with E-state index in [0.717, 1.165) is 18.1 Å². The molecule has 0 saturated carbocycles. The molecule has 1 atom stereocenters. The third kappa shape index (κ3) is 4.67. The minimum absolute atomic E-state index is 0.109. The van der Waals surface area contributed by atoms with Crippen molar-refractivity contribution in [1.29, 1.82) is 0 Å². The van der Waals surface area contributed by atoms with Crippen molar-refractivity contribution in [1.82, 2.24) is 0 Å². The van der Waals surface area contributed by atoms with Crippen molar-refractivity contribution >= 4 is 27.3 Å². The van der Waals surface area contributed by atoms with E-state index in [-0.39, 0.29) is 15.8 Å². The fourth-order valence-electron chi connectivity index (χ4n) is 2.25. The summed E-state index contributed by atoms with van der Waals surface area (Å²) < 4.78 is 66.1. The third-order valence-electron chi connectivity index (χ3n) is 3.90. The summed E-state index contributed by atoms with van der Waals surface area (Å²) in [6, 6.07) is 8.97. The molecule has 0 fully saturated rings. The molecular formula is C17H17ClF3NO2S. The largest absolute Gasteiger partial charge is 0.418 e. The van der Waals surface area contributed by atoms with E-state index in [4.69, 9.17) is 11.6 Å². The lowest BCUT2D eigenvalue weighted by molar-refractivity contribution is -0.136. The molecule has 0 aromatic heterocycles. The SMILES string of the molecule is CCC(C)c1ccc(S(=O)(=O)Nc2ccc(Cl)cc2C(F)(F)F)cc1. The fraction of sp³-hybridized carbons (Fsp3) is 0.294. The summed E-state index contributed by atoms with van der Waals surface area (Å²) in [5.74, 6) is 0.262. The van der Waals surface area contributed by atoms with E-state index in [1.54, 1.807) is 12.1 Å². The molecule has 0 radical (unpaired) electrons. The van der Waals surface area contributed by atoms with Crippen molar-refractivity contribution < 1.29 is 21.6 Å². The monoisotopic (exact) mass is 391 g/mol. The van der Waals surface area contributed by atoms with Gasteiger partial charge in [0.15, 0.2) is 0 Å². The standard InChI is InChI=1S/C17H17ClF3NO2S/c1-3-11(2)12-4-7-14(8-5-12)25(23,24)22-16-9-6-13(18)10-15(16)17(19,20)21/h4-11,22H,3H2,1-2H3. The Bertz CT molecular complexity index is 849. The fourth-order valence-corrected chi connectivity index (χ4v) is 3.51. The van der Waals surface area contributed by atoms with E-state index in [2.05, 4.69) is 0 Å². The summed E-state index contributed by atoms with van der Waals surface area (Å²) in [6.45, 7) is 4.02. The second-order valence-electron chi connectivity index (χ2n) is 5.67. The molecule has 0 spiro atoms. The van der Waals surface area contributed by atoms with Crippen LogP contribution in [0.4, 0.5) is 18.9 Å². The van der Waals surface area contributed by atoms with Crippen LogP contribution in [0.1, 0.15) is 37.3 Å². The Labute approximate surface area is 149 Å². The van der Waals surface area contributed by atoms with E-state index >= 15 is 0 Å². The highest BCUT2D eigenvalue weighted by molar-refractivity contribution is 7.92. The van der Waals surface area contributed by atoms with Crippen LogP contribution in [0.3, 0.4) is 0 Å². The van der Waals surface area contributed by atoms with Gasteiger partial charge in [-0.3, -0.25) is 4.72 Å². The van der Waals surface area contributed by atoms with Crippen LogP contribution in [-0.4, -0.2) is 8.42 Å². The van der Waals surface area contributed by atoms with E-state index in [0.29, 0.717) is 6.07 Å². The molecule has 0 heterocycles. The van der Waals surface area contributed by atoms with Crippen molar-refractivity contribution in [3.05, 3.63) is 58.6 Å². The predicted molar refractivity (Wildman–Crippen MR) is 92.4 cm³/mol. The van der Waals surface area contributed by atoms with Crippen LogP contribution < -0.4 is 4.72 Å². The van der Waals surface area contributed by atoms with E-state index in [1.807, 2.05) is 18.6 Å². The molecule has 2 aromatic rings. The molecule has 0 aliphatic carbocycles. The number of alkyl halides is 3. The topological polar surface area (TPSA) is 46.2 Å². The van der Waals surface area contributed by atoms with Gasteiger partial charge in [-0.25, -0.2) is 8.42 Å². The molecule has 8 heteroatoms. The zero-order valence-corrected chi connectivity index (χ0v) is 15.1. The Morgan fingerprint density at radius 1 is 1.12 bits per heavy atom. The second kappa shape index (κ2) is 7.25. The van der Waals surface area contributed by atoms with Gasteiger partial charge in [-0.2, -0.15) is 13.2 Å². The van der Waals surface area contributed by atoms with Gasteiger partial charge in [-0.05, 0) is 48.2 Å². The Morgan fingerprint density at radius 2 is 1.72 bits per heavy atom. The van der Waals surface area contributed by atoms with Gasteiger partial charge in [-0.15, -0.1) is 0 Å². The molecule has 0 saturated heterocycles. The Hall–Kier alpha value is -1.73. The van der Waals surface area contributed by atoms with Gasteiger partial charge in [0, 0.05) is 5.02 Å². The van der Waals surface area contributed by atoms with E-state index in [1.165, 1.54) is 18.2 Å². The summed E-state index contributed by atoms with van der Waals surface area (Å²) in [5, 5.41) is -0.131.